The van der Waals surface area contributed by atoms with Gasteiger partial charge in [-0.2, -0.15) is 0 Å². The third kappa shape index (κ3) is 27.2. The number of β-amino-alcohol motifs (C(OH)–C–C–N with tert-alkyl or cyclic N) is 1. The zero-order chi connectivity index (χ0) is 59.1. The molecule has 0 aromatic rings. The molecule has 14 atom stereocenters. The van der Waals surface area contributed by atoms with Crippen LogP contribution in [-0.2, 0) is 43.0 Å². The lowest BCUT2D eigenvalue weighted by atomic mass is 9.95. The van der Waals surface area contributed by atoms with Gasteiger partial charge in [-0.1, -0.05) is 0 Å². The summed E-state index contributed by atoms with van der Waals surface area (Å²) in [5.74, 6) is -2.05. The summed E-state index contributed by atoms with van der Waals surface area (Å²) in [5, 5.41) is 56.6. The highest BCUT2D eigenvalue weighted by molar-refractivity contribution is 5.93. The van der Waals surface area contributed by atoms with Gasteiger partial charge in [0.05, 0.1) is 18.8 Å². The number of amides is 8. The first-order chi connectivity index (χ1) is 38.1. The Hall–Kier alpha value is -5.61. The number of aliphatic hydroxyl groups excluding tert-OH is 3. The number of nitrogens with zero attached hydrogens (tertiary/aromatic N) is 1. The molecule has 458 valence electrons. The molecule has 3 heterocycles. The van der Waals surface area contributed by atoms with Crippen molar-refractivity contribution in [2.75, 3.05) is 52.4 Å². The summed E-state index contributed by atoms with van der Waals surface area (Å²) in [6.45, 7) is 1.64. The molecule has 2 saturated heterocycles. The lowest BCUT2D eigenvalue weighted by Crippen LogP contribution is -2.70. The van der Waals surface area contributed by atoms with Crippen molar-refractivity contribution in [1.82, 2.24) is 47.9 Å². The van der Waals surface area contributed by atoms with Crippen LogP contribution < -0.4 is 93.7 Å². The van der Waals surface area contributed by atoms with Gasteiger partial charge in [0.25, 0.3) is 0 Å². The van der Waals surface area contributed by atoms with Gasteiger partial charge in [-0.25, -0.2) is 9.79 Å². The predicted molar refractivity (Wildman–Crippen MR) is 294 cm³/mol. The van der Waals surface area contributed by atoms with Crippen LogP contribution >= 0.6 is 0 Å². The Balaban J connectivity index is 1.20. The molecule has 31 nitrogen and oxygen atoms in total. The van der Waals surface area contributed by atoms with Gasteiger partial charge in [-0.05, 0) is 83.6 Å². The van der Waals surface area contributed by atoms with E-state index in [9.17, 15) is 53.7 Å². The fourth-order valence-electron chi connectivity index (χ4n) is 9.32. The van der Waals surface area contributed by atoms with Crippen LogP contribution in [0, 0.1) is 0 Å². The number of guanidine groups is 1. The summed E-state index contributed by atoms with van der Waals surface area (Å²) in [6, 6.07) is -5.56. The minimum atomic E-state index is -1.65. The maximum absolute atomic E-state index is 13.2. The lowest BCUT2D eigenvalue weighted by molar-refractivity contribution is -0.198. The lowest BCUT2D eigenvalue weighted by Gasteiger charge is -2.44. The molecule has 8 amide bonds. The minimum absolute atomic E-state index is 0.000522. The number of rotatable bonds is 39. The van der Waals surface area contributed by atoms with Crippen molar-refractivity contribution >= 4 is 53.4 Å². The first-order valence-corrected chi connectivity index (χ1v) is 27.9. The van der Waals surface area contributed by atoms with E-state index >= 15 is 0 Å². The van der Waals surface area contributed by atoms with Gasteiger partial charge in [0, 0.05) is 114 Å². The molecule has 0 aromatic carbocycles. The summed E-state index contributed by atoms with van der Waals surface area (Å²) in [7, 11) is 0. The molecule has 0 radical (unpaired) electrons. The quantitative estimate of drug-likeness (QED) is 0.0254. The third-order valence-electron chi connectivity index (χ3n) is 13.7. The molecule has 3 aliphatic heterocycles. The van der Waals surface area contributed by atoms with E-state index in [1.165, 1.54) is 0 Å². The molecule has 0 bridgehead atoms. The molecule has 0 saturated carbocycles. The molecule has 3 aliphatic rings. The van der Waals surface area contributed by atoms with Crippen LogP contribution in [-0.4, -0.2) is 206 Å². The second kappa shape index (κ2) is 37.4. The highest BCUT2D eigenvalue weighted by Crippen LogP contribution is 2.24. The largest absolute Gasteiger partial charge is 0.441 e. The van der Waals surface area contributed by atoms with Crippen molar-refractivity contribution in [3.63, 3.8) is 0 Å². The van der Waals surface area contributed by atoms with E-state index in [0.717, 1.165) is 6.42 Å². The number of aliphatic hydroxyl groups is 3. The number of ether oxygens (including phenoxy) is 2. The van der Waals surface area contributed by atoms with Gasteiger partial charge in [0.2, 0.25) is 41.4 Å². The Labute approximate surface area is 467 Å². The fraction of sp³-hybridized carbons (Fsp3) is 0.816. The van der Waals surface area contributed by atoms with Gasteiger partial charge >= 0.3 is 6.09 Å². The number of hydrogen-bond donors (Lipinski definition) is 20. The van der Waals surface area contributed by atoms with Gasteiger partial charge in [0.15, 0.2) is 24.3 Å². The minimum Gasteiger partial charge on any atom is -0.441 e. The van der Waals surface area contributed by atoms with Crippen LogP contribution in [0.5, 0.6) is 0 Å². The summed E-state index contributed by atoms with van der Waals surface area (Å²) in [6.07, 6.45) is -0.906. The molecule has 0 aliphatic carbocycles. The van der Waals surface area contributed by atoms with E-state index in [-0.39, 0.29) is 105 Å². The highest BCUT2D eigenvalue weighted by atomic mass is 16.6. The SMILES string of the molecule is NCCC[C@H](N)CC(=O)NCCC[C@H](N)CC(=O)NCCC[C@H](N)CC(=O)NCCC[C@H](N)CC(=O)NCCC[C@H](N)CC(=O)NCCC[C@H](N)CC(=O)N[C@@H]1[C@H](O)[C@@H](OC(N)=O)[C@@H](CO)O[C@H]1NC1=N[C@H]2C(=O)NC[C@@H](O)[C@H]2N1. The Kier molecular flexibility index (Phi) is 32.1. The smallest absolute Gasteiger partial charge is 0.404 e. The molecule has 28 N–H and O–H groups in total. The number of primary amides is 1. The maximum Gasteiger partial charge on any atom is 0.404 e. The Morgan fingerprint density at radius 3 is 1.34 bits per heavy atom. The third-order valence-corrected chi connectivity index (χ3v) is 13.7. The monoisotopic (exact) mass is 1140 g/mol. The molecule has 80 heavy (non-hydrogen) atoms. The van der Waals surface area contributed by atoms with E-state index in [4.69, 9.17) is 55.3 Å². The van der Waals surface area contributed by atoms with Crippen molar-refractivity contribution in [2.45, 2.75) is 201 Å². The molecule has 2 fully saturated rings. The molecule has 31 heteroatoms. The van der Waals surface area contributed by atoms with Crippen LogP contribution in [0.15, 0.2) is 4.99 Å². The average molecular weight is 1140 g/mol. The fourth-order valence-corrected chi connectivity index (χ4v) is 9.32. The van der Waals surface area contributed by atoms with Crippen LogP contribution in [0.25, 0.3) is 0 Å². The van der Waals surface area contributed by atoms with Crippen molar-refractivity contribution in [1.29, 1.82) is 0 Å². The first-order valence-electron chi connectivity index (χ1n) is 27.9. The number of piperidine rings is 1. The van der Waals surface area contributed by atoms with Crippen LogP contribution in [0.3, 0.4) is 0 Å². The Bertz CT molecular complexity index is 1980. The van der Waals surface area contributed by atoms with Crippen LogP contribution in [0.1, 0.15) is 116 Å². The maximum atomic E-state index is 13.2. The Morgan fingerprint density at radius 1 is 0.613 bits per heavy atom. The average Bonchev–Trinajstić information content (AvgIpc) is 3.98. The highest BCUT2D eigenvalue weighted by Gasteiger charge is 2.50. The van der Waals surface area contributed by atoms with Gasteiger partial charge in [-0.3, -0.25) is 33.6 Å². The van der Waals surface area contributed by atoms with Crippen molar-refractivity contribution < 1.29 is 63.1 Å². The van der Waals surface area contributed by atoms with Gasteiger partial charge in [0.1, 0.15) is 18.2 Å². The first kappa shape index (κ1) is 68.7. The summed E-state index contributed by atoms with van der Waals surface area (Å²) in [4.78, 5) is 103. The van der Waals surface area contributed by atoms with E-state index in [1.807, 2.05) is 0 Å². The van der Waals surface area contributed by atoms with Crippen LogP contribution in [0.4, 0.5) is 4.79 Å². The molecular formula is C49H94N18O13. The van der Waals surface area contributed by atoms with E-state index in [1.54, 1.807) is 0 Å². The summed E-state index contributed by atoms with van der Waals surface area (Å²) in [5.41, 5.74) is 47.4. The van der Waals surface area contributed by atoms with Crippen molar-refractivity contribution in [2.24, 2.45) is 50.9 Å². The second-order valence-corrected chi connectivity index (χ2v) is 21.0. The number of nitrogens with one attached hydrogen (secondary N) is 9. The zero-order valence-electron chi connectivity index (χ0n) is 46.0. The van der Waals surface area contributed by atoms with Crippen molar-refractivity contribution in [3.05, 3.63) is 0 Å². The number of fused-ring (bicyclic) bond motifs is 1. The van der Waals surface area contributed by atoms with E-state index < -0.39 is 91.4 Å². The van der Waals surface area contributed by atoms with E-state index in [2.05, 4.69) is 52.8 Å². The van der Waals surface area contributed by atoms with E-state index in [0.29, 0.717) is 103 Å². The van der Waals surface area contributed by atoms with Gasteiger partial charge < -0.3 is 119 Å². The van der Waals surface area contributed by atoms with Crippen LogP contribution in [0.2, 0.25) is 0 Å². The topological polar surface area (TPSA) is 544 Å². The molecule has 3 rings (SSSR count). The number of carbonyl (C=O) groups excluding carboxylic acids is 8. The molecular weight excluding hydrogens is 1050 g/mol. The van der Waals surface area contributed by atoms with Gasteiger partial charge in [-0.15, -0.1) is 0 Å². The molecule has 0 spiro atoms. The standard InChI is InChI=1S/C49H94N18O13/c50-13-1-7-27(51)19-35(70)58-14-2-8-28(52)20-36(71)59-15-3-9-29(53)21-37(72)60-16-4-10-30(54)22-38(73)61-17-5-11-31(55)23-39(74)62-18-6-12-32(56)24-40(75)64-43-44(76)45(80-48(57)78)34(26-68)79-47(43)67-49-65-41-33(69)25-63-46(77)42(41)66-49/h27-34,41-45,47,68-69,76H,1-26,50-56H2,(H2,57,78)(H,58,70)(H,59,71)(H,60,72)(H,61,73)(H,62,74)(H,63,77)(H,64,75)(H2,65,66,67)/t27-,28-,29-,30-,31-,32-,33+,34+,41+,42+,43+,44-,45-,47+/m0/s1. The number of hydrogen-bond acceptors (Lipinski definition) is 23. The summed E-state index contributed by atoms with van der Waals surface area (Å²) < 4.78 is 10.9. The molecule has 0 aromatic heterocycles. The van der Waals surface area contributed by atoms with Crippen molar-refractivity contribution in [3.8, 4) is 0 Å². The predicted octanol–water partition coefficient (Wildman–Crippen LogP) is -7.68. The molecule has 0 unspecified atom stereocenters. The number of carbonyl (C=O) groups is 8. The Morgan fingerprint density at radius 2 is 0.988 bits per heavy atom. The summed E-state index contributed by atoms with van der Waals surface area (Å²) >= 11 is 0. The number of nitrogens with two attached hydrogens (primary N) is 8. The second-order valence-electron chi connectivity index (χ2n) is 21.0. The number of aliphatic imine (C=N–C) groups is 1. The zero-order valence-corrected chi connectivity index (χ0v) is 46.0. The normalized spacial score (nSPS) is 23.7.